The van der Waals surface area contributed by atoms with Crippen molar-refractivity contribution in [3.63, 3.8) is 0 Å². The number of aromatic nitrogens is 2. The highest BCUT2D eigenvalue weighted by molar-refractivity contribution is 6.30. The molecule has 2 rings (SSSR count). The fraction of sp³-hybridized carbons (Fsp3) is 0.182. The molecule has 1 aromatic heterocycles. The van der Waals surface area contributed by atoms with Crippen LogP contribution >= 0.6 is 11.6 Å². The van der Waals surface area contributed by atoms with Crippen LogP contribution in [0.1, 0.15) is 11.3 Å². The number of hydrogen-bond donors (Lipinski definition) is 2. The molecule has 78 valence electrons. The molecule has 0 spiro atoms. The first-order valence-corrected chi connectivity index (χ1v) is 5.17. The quantitative estimate of drug-likeness (QED) is 0.837. The van der Waals surface area contributed by atoms with Gasteiger partial charge < -0.3 is 10.7 Å². The van der Waals surface area contributed by atoms with Crippen LogP contribution in [0.25, 0.3) is 0 Å². The molecule has 2 aromatic rings. The van der Waals surface area contributed by atoms with Gasteiger partial charge in [0.05, 0.1) is 5.69 Å². The summed E-state index contributed by atoms with van der Waals surface area (Å²) in [5, 5.41) is 0.475. The van der Waals surface area contributed by atoms with Crippen LogP contribution in [-0.4, -0.2) is 9.97 Å². The van der Waals surface area contributed by atoms with E-state index >= 15 is 0 Å². The summed E-state index contributed by atoms with van der Waals surface area (Å²) in [6.45, 7) is 0. The van der Waals surface area contributed by atoms with Gasteiger partial charge in [0.25, 0.3) is 0 Å². The third kappa shape index (κ3) is 2.50. The van der Waals surface area contributed by atoms with E-state index in [-0.39, 0.29) is 0 Å². The minimum Gasteiger partial charge on any atom is -0.369 e. The molecule has 0 saturated heterocycles. The molecular weight excluding hydrogens is 210 g/mol. The maximum absolute atomic E-state index is 5.89. The van der Waals surface area contributed by atoms with Crippen molar-refractivity contribution >= 4 is 17.5 Å². The molecule has 0 atom stereocenters. The number of nitrogens with one attached hydrogen (secondary N) is 1. The maximum Gasteiger partial charge on any atom is 0.199 e. The average molecular weight is 222 g/mol. The van der Waals surface area contributed by atoms with Crippen LogP contribution in [0.4, 0.5) is 5.95 Å². The zero-order chi connectivity index (χ0) is 10.7. The zero-order valence-corrected chi connectivity index (χ0v) is 8.96. The molecule has 0 radical (unpaired) electrons. The Morgan fingerprint density at radius 3 is 2.53 bits per heavy atom. The van der Waals surface area contributed by atoms with Crippen molar-refractivity contribution in [2.24, 2.45) is 0 Å². The van der Waals surface area contributed by atoms with Gasteiger partial charge in [0.15, 0.2) is 11.1 Å². The van der Waals surface area contributed by atoms with Crippen molar-refractivity contribution in [2.75, 3.05) is 5.73 Å². The number of nitrogen functional groups attached to an aromatic ring is 1. The number of aromatic amines is 1. The molecule has 0 bridgehead atoms. The van der Waals surface area contributed by atoms with Crippen LogP contribution in [0.2, 0.25) is 5.15 Å². The molecular formula is C11H12ClN3. The number of aryl methyl sites for hydroxylation is 2. The lowest BCUT2D eigenvalue weighted by Crippen LogP contribution is -1.92. The smallest absolute Gasteiger partial charge is 0.199 e. The highest BCUT2D eigenvalue weighted by Crippen LogP contribution is 2.15. The van der Waals surface area contributed by atoms with E-state index in [0.29, 0.717) is 11.1 Å². The first kappa shape index (κ1) is 10.1. The number of benzene rings is 1. The summed E-state index contributed by atoms with van der Waals surface area (Å²) in [5.41, 5.74) is 7.68. The lowest BCUT2D eigenvalue weighted by molar-refractivity contribution is 0.927. The Morgan fingerprint density at radius 2 is 1.93 bits per heavy atom. The lowest BCUT2D eigenvalue weighted by atomic mass is 10.1. The first-order valence-electron chi connectivity index (χ1n) is 4.79. The van der Waals surface area contributed by atoms with Crippen LogP contribution in [0.15, 0.2) is 30.3 Å². The van der Waals surface area contributed by atoms with E-state index in [1.165, 1.54) is 5.56 Å². The molecule has 4 heteroatoms. The fourth-order valence-electron chi connectivity index (χ4n) is 1.49. The summed E-state index contributed by atoms with van der Waals surface area (Å²) >= 11 is 5.89. The molecule has 3 nitrogen and oxygen atoms in total. The number of nitrogens with two attached hydrogens (primary N) is 1. The summed E-state index contributed by atoms with van der Waals surface area (Å²) < 4.78 is 0. The van der Waals surface area contributed by atoms with E-state index in [1.807, 2.05) is 18.2 Å². The van der Waals surface area contributed by atoms with E-state index in [2.05, 4.69) is 22.1 Å². The summed E-state index contributed by atoms with van der Waals surface area (Å²) in [4.78, 5) is 6.86. The minimum atomic E-state index is 0.378. The Labute approximate surface area is 93.3 Å². The molecule has 0 saturated carbocycles. The molecule has 0 amide bonds. The van der Waals surface area contributed by atoms with Crippen molar-refractivity contribution in [1.82, 2.24) is 9.97 Å². The summed E-state index contributed by atoms with van der Waals surface area (Å²) in [6.07, 6.45) is 1.76. The van der Waals surface area contributed by atoms with Gasteiger partial charge in [-0.2, -0.15) is 0 Å². The predicted molar refractivity (Wildman–Crippen MR) is 61.9 cm³/mol. The van der Waals surface area contributed by atoms with E-state index < -0.39 is 0 Å². The van der Waals surface area contributed by atoms with E-state index in [4.69, 9.17) is 17.3 Å². The van der Waals surface area contributed by atoms with Gasteiger partial charge in [0.2, 0.25) is 0 Å². The van der Waals surface area contributed by atoms with Crippen LogP contribution < -0.4 is 5.73 Å². The summed E-state index contributed by atoms with van der Waals surface area (Å²) in [6, 6.07) is 10.2. The molecule has 0 aliphatic rings. The monoisotopic (exact) mass is 221 g/mol. The average Bonchev–Trinajstić information content (AvgIpc) is 2.56. The number of H-pyrrole nitrogens is 1. The normalized spacial score (nSPS) is 10.5. The Bertz CT molecular complexity index is 436. The molecule has 1 aromatic carbocycles. The second kappa shape index (κ2) is 4.36. The summed E-state index contributed by atoms with van der Waals surface area (Å²) in [7, 11) is 0. The summed E-state index contributed by atoms with van der Waals surface area (Å²) in [5.74, 6) is 0.378. The van der Waals surface area contributed by atoms with Crippen molar-refractivity contribution in [3.05, 3.63) is 46.7 Å². The zero-order valence-electron chi connectivity index (χ0n) is 8.20. The van der Waals surface area contributed by atoms with Crippen LogP contribution in [0.5, 0.6) is 0 Å². The SMILES string of the molecule is Nc1nc(Cl)c(CCc2ccccc2)[nH]1. The highest BCUT2D eigenvalue weighted by Gasteiger charge is 2.05. The van der Waals surface area contributed by atoms with Gasteiger partial charge in [-0.1, -0.05) is 41.9 Å². The molecule has 0 unspecified atom stereocenters. The van der Waals surface area contributed by atoms with Crippen molar-refractivity contribution in [1.29, 1.82) is 0 Å². The topological polar surface area (TPSA) is 54.7 Å². The van der Waals surface area contributed by atoms with Crippen molar-refractivity contribution < 1.29 is 0 Å². The number of hydrogen-bond acceptors (Lipinski definition) is 2. The van der Waals surface area contributed by atoms with Gasteiger partial charge in [-0.15, -0.1) is 0 Å². The van der Waals surface area contributed by atoms with Gasteiger partial charge in [0.1, 0.15) is 0 Å². The minimum absolute atomic E-state index is 0.378. The fourth-order valence-corrected chi connectivity index (χ4v) is 1.72. The Balaban J connectivity index is 2.02. The predicted octanol–water partition coefficient (Wildman–Crippen LogP) is 2.43. The number of anilines is 1. The van der Waals surface area contributed by atoms with Gasteiger partial charge in [0, 0.05) is 0 Å². The third-order valence-electron chi connectivity index (χ3n) is 2.25. The Kier molecular flexibility index (Phi) is 2.92. The lowest BCUT2D eigenvalue weighted by Gasteiger charge is -1.99. The highest BCUT2D eigenvalue weighted by atomic mass is 35.5. The van der Waals surface area contributed by atoms with E-state index in [1.54, 1.807) is 0 Å². The molecule has 15 heavy (non-hydrogen) atoms. The van der Waals surface area contributed by atoms with Gasteiger partial charge in [-0.3, -0.25) is 0 Å². The molecule has 0 aliphatic heterocycles. The largest absolute Gasteiger partial charge is 0.369 e. The second-order valence-corrected chi connectivity index (χ2v) is 3.74. The van der Waals surface area contributed by atoms with Crippen LogP contribution in [0.3, 0.4) is 0 Å². The number of nitrogens with zero attached hydrogens (tertiary/aromatic N) is 1. The Morgan fingerprint density at radius 1 is 1.20 bits per heavy atom. The van der Waals surface area contributed by atoms with E-state index in [9.17, 15) is 0 Å². The molecule has 1 heterocycles. The standard InChI is InChI=1S/C11H12ClN3/c12-10-9(14-11(13)15-10)7-6-8-4-2-1-3-5-8/h1-5H,6-7H2,(H3,13,14,15). The van der Waals surface area contributed by atoms with Crippen molar-refractivity contribution in [2.45, 2.75) is 12.8 Å². The van der Waals surface area contributed by atoms with Crippen LogP contribution in [0, 0.1) is 0 Å². The second-order valence-electron chi connectivity index (χ2n) is 3.38. The van der Waals surface area contributed by atoms with Gasteiger partial charge >= 0.3 is 0 Å². The first-order chi connectivity index (χ1) is 7.25. The number of imidazole rings is 1. The van der Waals surface area contributed by atoms with Gasteiger partial charge in [-0.25, -0.2) is 4.98 Å². The molecule has 0 fully saturated rings. The number of halogens is 1. The third-order valence-corrected chi connectivity index (χ3v) is 2.57. The molecule has 0 aliphatic carbocycles. The van der Waals surface area contributed by atoms with Gasteiger partial charge in [-0.05, 0) is 18.4 Å². The Hall–Kier alpha value is -1.48. The molecule has 3 N–H and O–H groups in total. The number of rotatable bonds is 3. The maximum atomic E-state index is 5.89. The van der Waals surface area contributed by atoms with Crippen molar-refractivity contribution in [3.8, 4) is 0 Å². The van der Waals surface area contributed by atoms with E-state index in [0.717, 1.165) is 18.5 Å². The van der Waals surface area contributed by atoms with Crippen LogP contribution in [-0.2, 0) is 12.8 Å².